The number of hydrogen-bond acceptors (Lipinski definition) is 5. The Hall–Kier alpha value is -4.76. The van der Waals surface area contributed by atoms with E-state index in [1.54, 1.807) is 18.5 Å². The first-order valence-electron chi connectivity index (χ1n) is 12.8. The molecule has 0 amide bonds. The molecule has 38 heavy (non-hydrogen) atoms. The fraction of sp³-hybridized carbons (Fsp3) is 0.188. The van der Waals surface area contributed by atoms with E-state index in [0.29, 0.717) is 17.7 Å². The van der Waals surface area contributed by atoms with Crippen molar-refractivity contribution in [2.45, 2.75) is 39.3 Å². The largest absolute Gasteiger partial charge is 0.457 e. The highest BCUT2D eigenvalue weighted by molar-refractivity contribution is 6.02. The van der Waals surface area contributed by atoms with Crippen LogP contribution >= 0.6 is 0 Å². The molecule has 0 aliphatic carbocycles. The van der Waals surface area contributed by atoms with Crippen LogP contribution in [0.3, 0.4) is 0 Å². The molecule has 188 valence electrons. The van der Waals surface area contributed by atoms with Crippen molar-refractivity contribution >= 4 is 17.0 Å². The molecule has 0 radical (unpaired) electrons. The third-order valence-corrected chi connectivity index (χ3v) is 6.59. The normalized spacial score (nSPS) is 10.8. The van der Waals surface area contributed by atoms with Gasteiger partial charge < -0.3 is 9.30 Å². The average molecular weight is 501 g/mol. The number of carbonyl (C=O) groups excluding carboxylic acids is 1. The molecule has 0 aliphatic rings. The summed E-state index contributed by atoms with van der Waals surface area (Å²) >= 11 is 0. The Morgan fingerprint density at radius 3 is 2.50 bits per heavy atom. The summed E-state index contributed by atoms with van der Waals surface area (Å²) in [7, 11) is 0. The fourth-order valence-electron chi connectivity index (χ4n) is 4.60. The van der Waals surface area contributed by atoms with Gasteiger partial charge in [-0.25, -0.2) is 9.78 Å². The minimum atomic E-state index is -0.376. The zero-order chi connectivity index (χ0) is 26.3. The lowest BCUT2D eigenvalue weighted by Crippen LogP contribution is -2.11. The fourth-order valence-corrected chi connectivity index (χ4v) is 4.60. The lowest BCUT2D eigenvalue weighted by Gasteiger charge is -2.13. The van der Waals surface area contributed by atoms with Crippen molar-refractivity contribution in [1.29, 1.82) is 5.26 Å². The van der Waals surface area contributed by atoms with Gasteiger partial charge in [0.2, 0.25) is 0 Å². The molecule has 0 N–H and O–H groups in total. The number of carbonyl (C=O) groups is 1. The number of aryl methyl sites for hydroxylation is 1. The predicted octanol–water partition coefficient (Wildman–Crippen LogP) is 6.72. The number of nitriles is 1. The highest BCUT2D eigenvalue weighted by atomic mass is 16.5. The first kappa shape index (κ1) is 24.9. The van der Waals surface area contributed by atoms with E-state index in [0.717, 1.165) is 58.4 Å². The van der Waals surface area contributed by atoms with Gasteiger partial charge in [0.05, 0.1) is 28.2 Å². The van der Waals surface area contributed by atoms with Gasteiger partial charge in [-0.3, -0.25) is 4.98 Å². The number of aromatic nitrogens is 3. The molecule has 0 aliphatic heterocycles. The lowest BCUT2D eigenvalue weighted by atomic mass is 9.99. The average Bonchev–Trinajstić information content (AvgIpc) is 3.32. The van der Waals surface area contributed by atoms with E-state index in [-0.39, 0.29) is 12.6 Å². The van der Waals surface area contributed by atoms with Gasteiger partial charge in [0.1, 0.15) is 12.4 Å². The molecule has 0 bridgehead atoms. The Labute approximate surface area is 222 Å². The van der Waals surface area contributed by atoms with Crippen molar-refractivity contribution in [2.75, 3.05) is 0 Å². The maximum Gasteiger partial charge on any atom is 0.340 e. The number of nitrogens with zero attached hydrogens (tertiary/aromatic N) is 4. The second-order valence-electron chi connectivity index (χ2n) is 9.18. The maximum atomic E-state index is 13.2. The number of benzene rings is 3. The third-order valence-electron chi connectivity index (χ3n) is 6.59. The van der Waals surface area contributed by atoms with Crippen LogP contribution in [0.15, 0.2) is 91.3 Å². The highest BCUT2D eigenvalue weighted by Gasteiger charge is 2.19. The summed E-state index contributed by atoms with van der Waals surface area (Å²) < 4.78 is 7.82. The molecule has 3 aromatic carbocycles. The van der Waals surface area contributed by atoms with Crippen LogP contribution in [0.5, 0.6) is 0 Å². The van der Waals surface area contributed by atoms with Gasteiger partial charge in [0, 0.05) is 25.4 Å². The van der Waals surface area contributed by atoms with Crippen LogP contribution in [0.1, 0.15) is 52.6 Å². The molecule has 6 heteroatoms. The van der Waals surface area contributed by atoms with Crippen LogP contribution in [0.4, 0.5) is 0 Å². The molecule has 2 heterocycles. The summed E-state index contributed by atoms with van der Waals surface area (Å²) in [6.07, 6.45) is 6.25. The molecule has 0 unspecified atom stereocenters. The Bertz CT molecular complexity index is 1600. The van der Waals surface area contributed by atoms with Crippen molar-refractivity contribution in [3.63, 3.8) is 0 Å². The molecule has 6 nitrogen and oxygen atoms in total. The van der Waals surface area contributed by atoms with Crippen molar-refractivity contribution in [1.82, 2.24) is 14.5 Å². The summed E-state index contributed by atoms with van der Waals surface area (Å²) in [5, 5.41) is 9.48. The first-order chi connectivity index (χ1) is 18.7. The molecule has 0 fully saturated rings. The van der Waals surface area contributed by atoms with Crippen molar-refractivity contribution in [3.8, 4) is 17.2 Å². The number of para-hydroxylation sites is 1. The molecule has 0 atom stereocenters. The van der Waals surface area contributed by atoms with Crippen LogP contribution in [0.25, 0.3) is 22.2 Å². The summed E-state index contributed by atoms with van der Waals surface area (Å²) in [4.78, 5) is 22.1. The van der Waals surface area contributed by atoms with Crippen molar-refractivity contribution in [2.24, 2.45) is 0 Å². The van der Waals surface area contributed by atoms with Gasteiger partial charge in [-0.2, -0.15) is 5.26 Å². The topological polar surface area (TPSA) is 80.8 Å². The van der Waals surface area contributed by atoms with Crippen LogP contribution in [-0.2, 0) is 24.3 Å². The van der Waals surface area contributed by atoms with Crippen molar-refractivity contribution in [3.05, 3.63) is 119 Å². The van der Waals surface area contributed by atoms with Gasteiger partial charge in [0.25, 0.3) is 0 Å². The van der Waals surface area contributed by atoms with Crippen LogP contribution < -0.4 is 0 Å². The minimum Gasteiger partial charge on any atom is -0.457 e. The molecular weight excluding hydrogens is 472 g/mol. The lowest BCUT2D eigenvalue weighted by molar-refractivity contribution is 0.0474. The van der Waals surface area contributed by atoms with E-state index in [9.17, 15) is 10.1 Å². The Balaban J connectivity index is 1.48. The Morgan fingerprint density at radius 1 is 0.947 bits per heavy atom. The second kappa shape index (κ2) is 11.5. The predicted molar refractivity (Wildman–Crippen MR) is 147 cm³/mol. The number of imidazole rings is 1. The summed E-state index contributed by atoms with van der Waals surface area (Å²) in [5.41, 5.74) is 6.61. The Kier molecular flexibility index (Phi) is 7.56. The van der Waals surface area contributed by atoms with Gasteiger partial charge in [-0.1, -0.05) is 61.9 Å². The number of ether oxygens (including phenoxy) is 1. The number of fused-ring (bicyclic) bond motifs is 1. The molecule has 5 rings (SSSR count). The standard InChI is InChI=1S/C32H28N4O2/c1-2-3-11-30-35-29-10-6-9-28(32(37)38-22-24-16-18-34-19-17-24)31(29)36(30)21-23-12-14-25(15-13-23)27-8-5-4-7-26(27)20-33/h4-10,12-19H,2-3,11,21-22H2,1H3. The summed E-state index contributed by atoms with van der Waals surface area (Å²) in [6.45, 7) is 2.91. The Morgan fingerprint density at radius 2 is 1.74 bits per heavy atom. The SMILES string of the molecule is CCCCc1nc2cccc(C(=O)OCc3ccncc3)c2n1Cc1ccc(-c2ccccc2C#N)cc1. The van der Waals surface area contributed by atoms with E-state index in [4.69, 9.17) is 9.72 Å². The second-order valence-corrected chi connectivity index (χ2v) is 9.18. The third kappa shape index (κ3) is 5.33. The van der Waals surface area contributed by atoms with Crippen LogP contribution in [0.2, 0.25) is 0 Å². The monoisotopic (exact) mass is 500 g/mol. The number of esters is 1. The number of unbranched alkanes of at least 4 members (excludes halogenated alkanes) is 1. The smallest absolute Gasteiger partial charge is 0.340 e. The number of hydrogen-bond donors (Lipinski definition) is 0. The molecule has 5 aromatic rings. The van der Waals surface area contributed by atoms with Crippen LogP contribution in [0, 0.1) is 11.3 Å². The summed E-state index contributed by atoms with van der Waals surface area (Å²) in [5.74, 6) is 0.578. The number of pyridine rings is 1. The molecule has 0 saturated heterocycles. The minimum absolute atomic E-state index is 0.181. The zero-order valence-corrected chi connectivity index (χ0v) is 21.3. The molecular formula is C32H28N4O2. The van der Waals surface area contributed by atoms with Gasteiger partial charge >= 0.3 is 5.97 Å². The number of rotatable bonds is 9. The van der Waals surface area contributed by atoms with E-state index in [1.165, 1.54) is 0 Å². The van der Waals surface area contributed by atoms with E-state index >= 15 is 0 Å². The van der Waals surface area contributed by atoms with E-state index in [1.807, 2.05) is 60.7 Å². The van der Waals surface area contributed by atoms with Crippen molar-refractivity contribution < 1.29 is 9.53 Å². The zero-order valence-electron chi connectivity index (χ0n) is 21.3. The summed E-state index contributed by atoms with van der Waals surface area (Å²) in [6, 6.07) is 27.4. The van der Waals surface area contributed by atoms with Gasteiger partial charge in [-0.15, -0.1) is 0 Å². The molecule has 0 saturated carbocycles. The van der Waals surface area contributed by atoms with Gasteiger partial charge in [-0.05, 0) is 59.0 Å². The molecule has 0 spiro atoms. The highest BCUT2D eigenvalue weighted by Crippen LogP contribution is 2.27. The van der Waals surface area contributed by atoms with E-state index in [2.05, 4.69) is 34.7 Å². The van der Waals surface area contributed by atoms with Gasteiger partial charge in [0.15, 0.2) is 0 Å². The first-order valence-corrected chi connectivity index (χ1v) is 12.8. The van der Waals surface area contributed by atoms with E-state index < -0.39 is 0 Å². The van der Waals surface area contributed by atoms with Crippen LogP contribution in [-0.4, -0.2) is 20.5 Å². The molecule has 2 aromatic heterocycles. The maximum absolute atomic E-state index is 13.2. The quantitative estimate of drug-likeness (QED) is 0.210.